The van der Waals surface area contributed by atoms with Gasteiger partial charge in [0.05, 0.1) is 27.7 Å². The zero-order chi connectivity index (χ0) is 23.6. The minimum absolute atomic E-state index is 0.0172. The molecule has 0 spiro atoms. The summed E-state index contributed by atoms with van der Waals surface area (Å²) < 4.78 is 33.0. The third-order valence-electron chi connectivity index (χ3n) is 5.25. The lowest BCUT2D eigenvalue weighted by Crippen LogP contribution is -2.50. The van der Waals surface area contributed by atoms with Crippen LogP contribution in [0, 0.1) is 0 Å². The number of benzene rings is 2. The van der Waals surface area contributed by atoms with Crippen LogP contribution >= 0.6 is 11.6 Å². The molecule has 0 radical (unpaired) electrons. The Morgan fingerprint density at radius 2 is 1.78 bits per heavy atom. The minimum atomic E-state index is -3.78. The summed E-state index contributed by atoms with van der Waals surface area (Å²) in [5.74, 6) is -0.421. The van der Waals surface area contributed by atoms with Crippen LogP contribution in [0.25, 0.3) is 0 Å². The molecule has 0 aliphatic carbocycles. The Kier molecular flexibility index (Phi) is 7.12. The molecule has 1 heterocycles. The van der Waals surface area contributed by atoms with E-state index in [4.69, 9.17) is 16.3 Å². The molecule has 3 rings (SSSR count). The van der Waals surface area contributed by atoms with Gasteiger partial charge in [-0.2, -0.15) is 4.31 Å². The molecule has 0 N–H and O–H groups in total. The van der Waals surface area contributed by atoms with Gasteiger partial charge in [0.1, 0.15) is 5.75 Å². The van der Waals surface area contributed by atoms with Crippen molar-refractivity contribution in [1.82, 2.24) is 9.21 Å². The number of sulfonamides is 1. The van der Waals surface area contributed by atoms with E-state index in [1.807, 2.05) is 0 Å². The third-order valence-corrected chi connectivity index (χ3v) is 7.62. The number of para-hydroxylation sites is 2. The van der Waals surface area contributed by atoms with Gasteiger partial charge in [-0.25, -0.2) is 8.42 Å². The Morgan fingerprint density at radius 3 is 2.41 bits per heavy atom. The quantitative estimate of drug-likeness (QED) is 0.635. The maximum absolute atomic E-state index is 13.6. The Labute approximate surface area is 193 Å². The van der Waals surface area contributed by atoms with Crippen LogP contribution in [0.3, 0.4) is 0 Å². The van der Waals surface area contributed by atoms with Gasteiger partial charge in [-0.3, -0.25) is 9.59 Å². The number of amides is 2. The number of rotatable bonds is 6. The number of carbonyl (C=O) groups is 2. The molecule has 1 aliphatic heterocycles. The van der Waals surface area contributed by atoms with Gasteiger partial charge in [-0.05, 0) is 30.3 Å². The van der Waals surface area contributed by atoms with E-state index in [1.54, 1.807) is 52.2 Å². The Morgan fingerprint density at radius 1 is 1.12 bits per heavy atom. The first-order valence-corrected chi connectivity index (χ1v) is 12.0. The van der Waals surface area contributed by atoms with Gasteiger partial charge in [0.25, 0.3) is 11.8 Å². The Bertz CT molecular complexity index is 1130. The molecule has 2 amide bonds. The lowest BCUT2D eigenvalue weighted by atomic mass is 10.1. The predicted octanol–water partition coefficient (Wildman–Crippen LogP) is 2.87. The smallest absolute Gasteiger partial charge is 0.265 e. The van der Waals surface area contributed by atoms with E-state index in [1.165, 1.54) is 32.3 Å². The molecule has 1 atom stereocenters. The normalized spacial score (nSPS) is 15.8. The number of carbonyl (C=O) groups excluding carboxylic acids is 2. The van der Waals surface area contributed by atoms with Crippen molar-refractivity contribution in [2.24, 2.45) is 0 Å². The number of ether oxygens (including phenoxy) is 1. The van der Waals surface area contributed by atoms with Crippen molar-refractivity contribution in [3.63, 3.8) is 0 Å². The monoisotopic (exact) mass is 479 g/mol. The highest BCUT2D eigenvalue weighted by Crippen LogP contribution is 2.35. The van der Waals surface area contributed by atoms with E-state index in [-0.39, 0.29) is 27.9 Å². The van der Waals surface area contributed by atoms with Crippen molar-refractivity contribution in [2.45, 2.75) is 24.8 Å². The molecule has 8 nitrogen and oxygen atoms in total. The number of anilines is 1. The summed E-state index contributed by atoms with van der Waals surface area (Å²) in [4.78, 5) is 28.9. The van der Waals surface area contributed by atoms with E-state index in [0.29, 0.717) is 24.5 Å². The largest absolute Gasteiger partial charge is 0.476 e. The Hall–Kier alpha value is -2.62. The second-order valence-corrected chi connectivity index (χ2v) is 9.80. The lowest BCUT2D eigenvalue weighted by molar-refractivity contribution is -0.135. The topological polar surface area (TPSA) is 87.2 Å². The van der Waals surface area contributed by atoms with Crippen LogP contribution in [0.1, 0.15) is 24.2 Å². The summed E-state index contributed by atoms with van der Waals surface area (Å²) in [6, 6.07) is 11.0. The highest BCUT2D eigenvalue weighted by Gasteiger charge is 2.36. The standard InChI is InChI=1S/C22H26ClN3O5S/c1-5-25(6-2)32(29,30)15-11-12-17(23)16(13-15)21(27)26-14-20(22(28)24(3)4)31-19-10-8-7-9-18(19)26/h7-13,20H,5-6,14H2,1-4H3/t20-/m1/s1. The summed E-state index contributed by atoms with van der Waals surface area (Å²) in [5.41, 5.74) is 0.515. The molecule has 0 saturated heterocycles. The van der Waals surface area contributed by atoms with Gasteiger partial charge in [0.15, 0.2) is 6.10 Å². The van der Waals surface area contributed by atoms with Gasteiger partial charge >= 0.3 is 0 Å². The second kappa shape index (κ2) is 9.48. The zero-order valence-electron chi connectivity index (χ0n) is 18.4. The summed E-state index contributed by atoms with van der Waals surface area (Å²) in [6.45, 7) is 4.06. The van der Waals surface area contributed by atoms with Crippen LogP contribution < -0.4 is 9.64 Å². The molecule has 2 aromatic rings. The molecule has 0 aromatic heterocycles. The van der Waals surface area contributed by atoms with Crippen molar-refractivity contribution in [3.8, 4) is 5.75 Å². The number of nitrogens with zero attached hydrogens (tertiary/aromatic N) is 3. The first kappa shape index (κ1) is 24.0. The van der Waals surface area contributed by atoms with Crippen LogP contribution in [0.4, 0.5) is 5.69 Å². The molecule has 0 unspecified atom stereocenters. The van der Waals surface area contributed by atoms with Gasteiger partial charge in [0, 0.05) is 27.2 Å². The maximum Gasteiger partial charge on any atom is 0.265 e. The predicted molar refractivity (Wildman–Crippen MR) is 123 cm³/mol. The van der Waals surface area contributed by atoms with Crippen molar-refractivity contribution in [1.29, 1.82) is 0 Å². The zero-order valence-corrected chi connectivity index (χ0v) is 20.0. The van der Waals surface area contributed by atoms with E-state index in [2.05, 4.69) is 0 Å². The average Bonchev–Trinajstić information content (AvgIpc) is 2.78. The van der Waals surface area contributed by atoms with Crippen LogP contribution in [-0.2, 0) is 14.8 Å². The summed E-state index contributed by atoms with van der Waals surface area (Å²) >= 11 is 6.32. The number of fused-ring (bicyclic) bond motifs is 1. The van der Waals surface area contributed by atoms with Gasteiger partial charge < -0.3 is 14.5 Å². The van der Waals surface area contributed by atoms with E-state index < -0.39 is 22.0 Å². The van der Waals surface area contributed by atoms with Gasteiger partial charge in [-0.1, -0.05) is 37.6 Å². The fourth-order valence-electron chi connectivity index (χ4n) is 3.53. The molecule has 172 valence electrons. The van der Waals surface area contributed by atoms with Crippen LogP contribution in [0.15, 0.2) is 47.4 Å². The van der Waals surface area contributed by atoms with Crippen LogP contribution in [-0.4, -0.2) is 69.3 Å². The van der Waals surface area contributed by atoms with E-state index >= 15 is 0 Å². The highest BCUT2D eigenvalue weighted by atomic mass is 35.5. The van der Waals surface area contributed by atoms with Gasteiger partial charge in [0.2, 0.25) is 10.0 Å². The minimum Gasteiger partial charge on any atom is -0.476 e. The molecule has 10 heteroatoms. The van der Waals surface area contributed by atoms with Crippen LogP contribution in [0.2, 0.25) is 5.02 Å². The van der Waals surface area contributed by atoms with Gasteiger partial charge in [-0.15, -0.1) is 0 Å². The van der Waals surface area contributed by atoms with E-state index in [0.717, 1.165) is 0 Å². The summed E-state index contributed by atoms with van der Waals surface area (Å²) in [5, 5.41) is 0.118. The first-order chi connectivity index (χ1) is 15.1. The van der Waals surface area contributed by atoms with E-state index in [9.17, 15) is 18.0 Å². The highest BCUT2D eigenvalue weighted by molar-refractivity contribution is 7.89. The average molecular weight is 480 g/mol. The molecule has 0 saturated carbocycles. The van der Waals surface area contributed by atoms with Crippen molar-refractivity contribution in [3.05, 3.63) is 53.1 Å². The van der Waals surface area contributed by atoms with Crippen molar-refractivity contribution < 1.29 is 22.7 Å². The molecule has 0 bridgehead atoms. The molecular formula is C22H26ClN3O5S. The molecular weight excluding hydrogens is 454 g/mol. The summed E-state index contributed by atoms with van der Waals surface area (Å²) in [6.07, 6.45) is -0.898. The number of likely N-dealkylation sites (N-methyl/N-ethyl adjacent to an activating group) is 1. The van der Waals surface area contributed by atoms with Crippen molar-refractivity contribution >= 4 is 39.1 Å². The fraction of sp³-hybridized carbons (Fsp3) is 0.364. The maximum atomic E-state index is 13.6. The van der Waals surface area contributed by atoms with Crippen LogP contribution in [0.5, 0.6) is 5.75 Å². The molecule has 32 heavy (non-hydrogen) atoms. The third kappa shape index (κ3) is 4.46. The molecule has 0 fully saturated rings. The lowest BCUT2D eigenvalue weighted by Gasteiger charge is -2.35. The SMILES string of the molecule is CCN(CC)S(=O)(=O)c1ccc(Cl)c(C(=O)N2C[C@H](C(=O)N(C)C)Oc3ccccc32)c1. The number of hydrogen-bond donors (Lipinski definition) is 0. The number of halogens is 1. The first-order valence-electron chi connectivity index (χ1n) is 10.2. The summed E-state index contributed by atoms with van der Waals surface area (Å²) in [7, 11) is -0.566. The fourth-order valence-corrected chi connectivity index (χ4v) is 5.21. The number of hydrogen-bond acceptors (Lipinski definition) is 5. The second-order valence-electron chi connectivity index (χ2n) is 7.45. The Balaban J connectivity index is 2.05. The van der Waals surface area contributed by atoms with Crippen molar-refractivity contribution in [2.75, 3.05) is 38.6 Å². The molecule has 1 aliphatic rings. The molecule has 2 aromatic carbocycles.